The highest BCUT2D eigenvalue weighted by Gasteiger charge is 2.44. The first-order valence-electron chi connectivity index (χ1n) is 24.9. The molecule has 6 rings (SSSR count). The van der Waals surface area contributed by atoms with E-state index in [0.717, 1.165) is 45.9 Å². The van der Waals surface area contributed by atoms with Crippen LogP contribution in [0.4, 0.5) is 50.9 Å². The Morgan fingerprint density at radius 2 is 1.57 bits per heavy atom. The smallest absolute Gasteiger partial charge is 0.420 e. The molecule has 2 aromatic heterocycles. The van der Waals surface area contributed by atoms with E-state index in [-0.39, 0.29) is 44.3 Å². The summed E-state index contributed by atoms with van der Waals surface area (Å²) in [6, 6.07) is 9.94. The normalized spacial score (nSPS) is 14.7. The number of carbonyl (C=O) groups excluding carboxylic acids is 4. The number of nitrogens with one attached hydrogen (secondary N) is 2. The number of nitrogens with zero attached hydrogens (tertiary/aromatic N) is 6. The van der Waals surface area contributed by atoms with Gasteiger partial charge in [-0.15, -0.1) is 11.3 Å². The number of aldehydes is 1. The third-order valence-electron chi connectivity index (χ3n) is 13.1. The summed E-state index contributed by atoms with van der Waals surface area (Å²) in [4.78, 5) is 65.3. The van der Waals surface area contributed by atoms with Gasteiger partial charge in [0.15, 0.2) is 28.3 Å². The maximum absolute atomic E-state index is 15.5. The molecule has 428 valence electrons. The maximum atomic E-state index is 15.5. The van der Waals surface area contributed by atoms with E-state index in [4.69, 9.17) is 21.7 Å². The third-order valence-corrected chi connectivity index (χ3v) is 14.6. The minimum absolute atomic E-state index is 0.0232. The van der Waals surface area contributed by atoms with E-state index in [1.807, 2.05) is 38.1 Å². The lowest BCUT2D eigenvalue weighted by Gasteiger charge is -2.40. The number of benzene rings is 3. The van der Waals surface area contributed by atoms with Crippen molar-refractivity contribution in [1.82, 2.24) is 25.5 Å². The molecule has 0 bridgehead atoms. The van der Waals surface area contributed by atoms with Gasteiger partial charge in [0.1, 0.15) is 30.5 Å². The van der Waals surface area contributed by atoms with Crippen LogP contribution < -0.4 is 25.2 Å². The zero-order valence-electron chi connectivity index (χ0n) is 44.7. The molecule has 0 radical (unpaired) electrons. The number of thiocarbonyl (C=S) groups is 1. The number of hydrogen-bond donors (Lipinski definition) is 2. The Morgan fingerprint density at radius 3 is 2.15 bits per heavy atom. The van der Waals surface area contributed by atoms with Crippen molar-refractivity contribution in [2.24, 2.45) is 5.41 Å². The molecule has 1 fully saturated rings. The topological polar surface area (TPSA) is 170 Å². The number of amides is 3. The number of unbranched alkanes of at least 4 members (excludes halogenated alkanes) is 1. The lowest BCUT2D eigenvalue weighted by atomic mass is 9.85. The molecule has 3 amide bonds. The highest BCUT2D eigenvalue weighted by Crippen LogP contribution is 2.42. The predicted octanol–water partition coefficient (Wildman–Crippen LogP) is 11.3. The summed E-state index contributed by atoms with van der Waals surface area (Å²) >= 11 is 6.96. The highest BCUT2D eigenvalue weighted by molar-refractivity contribution is 7.80. The molecule has 14 nitrogen and oxygen atoms in total. The molecule has 5 aromatic rings. The summed E-state index contributed by atoms with van der Waals surface area (Å²) in [5, 5.41) is 14.3. The Labute approximate surface area is 465 Å². The molecule has 0 aliphatic carbocycles. The van der Waals surface area contributed by atoms with Gasteiger partial charge in [0, 0.05) is 25.8 Å². The van der Waals surface area contributed by atoms with Gasteiger partial charge in [0.2, 0.25) is 17.7 Å². The molecule has 3 heterocycles. The average molecular weight is 1160 g/mol. The van der Waals surface area contributed by atoms with Crippen molar-refractivity contribution >= 4 is 64.0 Å². The number of nitriles is 1. The van der Waals surface area contributed by atoms with Crippen LogP contribution in [-0.2, 0) is 36.3 Å². The fraction of sp³-hybridized carbons (Fsp3) is 0.418. The van der Waals surface area contributed by atoms with E-state index in [1.165, 1.54) is 36.2 Å². The van der Waals surface area contributed by atoms with E-state index in [1.54, 1.807) is 26.3 Å². The number of carbonyl (C=O) groups is 4. The second kappa shape index (κ2) is 25.1. The SMILES string of the molecule is Cc1ncsc1-c1ccc(C(C)NC(=O)C2CCCN2C(=O)C(NC(=O)COCCCCOc2c(F)cc(-c3ncc(N(C(=S)N(C)c4ccc(C#N)c(C(F)(F)F)c4F)C(C)(C)C=O)cc3C(F)(F)F)cc2F)C(C)(C)C)cc1. The van der Waals surface area contributed by atoms with Gasteiger partial charge in [-0.1, -0.05) is 45.0 Å². The molecule has 1 saturated heterocycles. The van der Waals surface area contributed by atoms with Crippen LogP contribution in [0.25, 0.3) is 21.7 Å². The number of halogens is 9. The lowest BCUT2D eigenvalue weighted by Crippen LogP contribution is -2.58. The average Bonchev–Trinajstić information content (AvgIpc) is 4.09. The Kier molecular flexibility index (Phi) is 19.5. The Balaban J connectivity index is 1.04. The molecular weight excluding hydrogens is 1100 g/mol. The van der Waals surface area contributed by atoms with Gasteiger partial charge < -0.3 is 39.6 Å². The first-order valence-corrected chi connectivity index (χ1v) is 26.2. The van der Waals surface area contributed by atoms with Crippen LogP contribution >= 0.6 is 23.6 Å². The first-order chi connectivity index (χ1) is 37.4. The number of anilines is 2. The number of ether oxygens (including phenoxy) is 2. The van der Waals surface area contributed by atoms with Crippen molar-refractivity contribution < 1.29 is 68.2 Å². The van der Waals surface area contributed by atoms with Crippen molar-refractivity contribution in [2.75, 3.05) is 43.2 Å². The third kappa shape index (κ3) is 14.2. The number of pyridine rings is 1. The molecule has 1 aliphatic rings. The zero-order chi connectivity index (χ0) is 59.2. The summed E-state index contributed by atoms with van der Waals surface area (Å²) in [6.45, 7) is 11.0. The Morgan fingerprint density at radius 1 is 0.925 bits per heavy atom. The molecule has 1 aliphatic heterocycles. The number of aryl methyl sites for hydroxylation is 1. The minimum atomic E-state index is -5.34. The minimum Gasteiger partial charge on any atom is -0.488 e. The second-order valence-corrected chi connectivity index (χ2v) is 21.7. The van der Waals surface area contributed by atoms with Crippen molar-refractivity contribution in [3.63, 3.8) is 0 Å². The molecule has 3 unspecified atom stereocenters. The van der Waals surface area contributed by atoms with Crippen molar-refractivity contribution in [3.05, 3.63) is 112 Å². The highest BCUT2D eigenvalue weighted by atomic mass is 32.1. The van der Waals surface area contributed by atoms with Crippen LogP contribution in [0.5, 0.6) is 5.75 Å². The number of alkyl halides is 6. The monoisotopic (exact) mass is 1160 g/mol. The quantitative estimate of drug-likeness (QED) is 0.0348. The van der Waals surface area contributed by atoms with E-state index in [2.05, 4.69) is 20.6 Å². The zero-order valence-corrected chi connectivity index (χ0v) is 46.3. The fourth-order valence-electron chi connectivity index (χ4n) is 8.91. The van der Waals surface area contributed by atoms with Crippen molar-refractivity contribution in [1.29, 1.82) is 5.26 Å². The number of aromatic nitrogens is 2. The summed E-state index contributed by atoms with van der Waals surface area (Å²) in [5.41, 5.74) is -5.69. The van der Waals surface area contributed by atoms with Gasteiger partial charge in [0.05, 0.1) is 74.7 Å². The van der Waals surface area contributed by atoms with Crippen LogP contribution in [-0.4, -0.2) is 95.0 Å². The lowest BCUT2D eigenvalue weighted by molar-refractivity contribution is -0.144. The van der Waals surface area contributed by atoms with E-state index >= 15 is 13.2 Å². The summed E-state index contributed by atoms with van der Waals surface area (Å²) in [6.07, 6.45) is -8.24. The molecule has 2 N–H and O–H groups in total. The van der Waals surface area contributed by atoms with Crippen LogP contribution in [0.3, 0.4) is 0 Å². The number of likely N-dealkylation sites (tertiary alicyclic amines) is 1. The number of thiazole rings is 1. The van der Waals surface area contributed by atoms with Gasteiger partial charge in [-0.05, 0) is 112 Å². The van der Waals surface area contributed by atoms with E-state index in [9.17, 15) is 50.8 Å². The van der Waals surface area contributed by atoms with Gasteiger partial charge in [-0.2, -0.15) is 31.6 Å². The molecule has 3 aromatic carbocycles. The van der Waals surface area contributed by atoms with Crippen molar-refractivity contribution in [2.45, 2.75) is 110 Å². The molecular formula is C55H57F9N8O6S2. The maximum Gasteiger partial charge on any atom is 0.420 e. The van der Waals surface area contributed by atoms with Crippen LogP contribution in [0.2, 0.25) is 0 Å². The van der Waals surface area contributed by atoms with Gasteiger partial charge in [-0.25, -0.2) is 18.2 Å². The largest absolute Gasteiger partial charge is 0.488 e. The second-order valence-electron chi connectivity index (χ2n) is 20.5. The number of rotatable bonds is 19. The Hall–Kier alpha value is -7.17. The Bertz CT molecular complexity index is 3140. The molecule has 25 heteroatoms. The molecule has 3 atom stereocenters. The van der Waals surface area contributed by atoms with Crippen LogP contribution in [0.1, 0.15) is 101 Å². The van der Waals surface area contributed by atoms with Gasteiger partial charge in [0.25, 0.3) is 0 Å². The molecule has 0 saturated carbocycles. The number of hydrogen-bond acceptors (Lipinski definition) is 11. The van der Waals surface area contributed by atoms with Crippen molar-refractivity contribution in [3.8, 4) is 33.5 Å². The molecule has 80 heavy (non-hydrogen) atoms. The standard InChI is InChI=1S/C55H57F9N8O6S2/c1-30(32-13-15-33(16-14-32)47-31(2)67-29-80-47)68-49(75)41-12-11-19-71(41)50(76)48(52(3,4)5)69-42(74)27-77-20-9-10-21-78-46-38(56)22-35(23-39(46)57)45-37(54(59,60)61)24-36(26-66-45)72(53(6,7)28-73)51(79)70(8)40-18-17-34(25-65)43(44(40)58)55(62,63)64/h13-18,22-24,26,28-30,41,48H,9-12,19-21,27H2,1-8H3,(H,68,75)(H,69,74). The van der Waals surface area contributed by atoms with Crippen LogP contribution in [0, 0.1) is 41.1 Å². The fourth-order valence-corrected chi connectivity index (χ4v) is 10.2. The van der Waals surface area contributed by atoms with E-state index in [0.29, 0.717) is 48.6 Å². The van der Waals surface area contributed by atoms with Gasteiger partial charge in [-0.3, -0.25) is 19.4 Å². The summed E-state index contributed by atoms with van der Waals surface area (Å²) in [5.74, 6) is -7.00. The predicted molar refractivity (Wildman–Crippen MR) is 285 cm³/mol. The summed E-state index contributed by atoms with van der Waals surface area (Å²) in [7, 11) is 0.982. The van der Waals surface area contributed by atoms with Crippen LogP contribution in [0.15, 0.2) is 66.3 Å². The van der Waals surface area contributed by atoms with Gasteiger partial charge >= 0.3 is 12.4 Å². The van der Waals surface area contributed by atoms with E-state index < -0.39 is 121 Å². The first kappa shape index (κ1) is 62.0. The summed E-state index contributed by atoms with van der Waals surface area (Å²) < 4.78 is 143. The molecule has 0 spiro atoms.